The molecule has 0 heterocycles. The number of nitrogens with two attached hydrogens (primary N) is 1. The molecule has 96 valence electrons. The molecule has 1 aromatic rings. The maximum absolute atomic E-state index is 13.6. The van der Waals surface area contributed by atoms with E-state index in [0.29, 0.717) is 11.5 Å². The van der Waals surface area contributed by atoms with Crippen LogP contribution < -0.4 is 5.73 Å². The quantitative estimate of drug-likeness (QED) is 0.857. The Morgan fingerprint density at radius 2 is 1.76 bits per heavy atom. The predicted octanol–water partition coefficient (Wildman–Crippen LogP) is 3.97. The van der Waals surface area contributed by atoms with Crippen LogP contribution in [0, 0.1) is 17.6 Å². The van der Waals surface area contributed by atoms with Crippen molar-refractivity contribution in [2.24, 2.45) is 11.7 Å². The van der Waals surface area contributed by atoms with Gasteiger partial charge in [0.05, 0.1) is 0 Å². The molecule has 2 N–H and O–H groups in total. The van der Waals surface area contributed by atoms with Crippen molar-refractivity contribution >= 4 is 12.4 Å². The highest BCUT2D eigenvalue weighted by Crippen LogP contribution is 2.34. The predicted molar refractivity (Wildman–Crippen MR) is 67.1 cm³/mol. The van der Waals surface area contributed by atoms with E-state index in [1.54, 1.807) is 6.07 Å². The van der Waals surface area contributed by atoms with Crippen LogP contribution in [-0.2, 0) is 0 Å². The second-order valence-electron chi connectivity index (χ2n) is 4.57. The summed E-state index contributed by atoms with van der Waals surface area (Å²) in [5.41, 5.74) is 6.36. The first-order chi connectivity index (χ1) is 7.70. The monoisotopic (exact) mass is 261 g/mol. The summed E-state index contributed by atoms with van der Waals surface area (Å²) in [5, 5.41) is 0. The molecule has 0 unspecified atom stereocenters. The van der Waals surface area contributed by atoms with Crippen molar-refractivity contribution in [2.45, 2.75) is 38.1 Å². The van der Waals surface area contributed by atoms with Crippen molar-refractivity contribution in [3.8, 4) is 0 Å². The summed E-state index contributed by atoms with van der Waals surface area (Å²) in [6.45, 7) is 0. The molecular formula is C13H18ClF2N. The minimum Gasteiger partial charge on any atom is -0.324 e. The number of benzene rings is 1. The third-order valence-corrected chi connectivity index (χ3v) is 3.50. The zero-order chi connectivity index (χ0) is 11.5. The average Bonchev–Trinajstić information content (AvgIpc) is 2.33. The lowest BCUT2D eigenvalue weighted by Crippen LogP contribution is -2.24. The highest BCUT2D eigenvalue weighted by atomic mass is 35.5. The zero-order valence-corrected chi connectivity index (χ0v) is 10.5. The minimum atomic E-state index is -0.802. The van der Waals surface area contributed by atoms with Crippen LogP contribution in [0.25, 0.3) is 0 Å². The van der Waals surface area contributed by atoms with Crippen LogP contribution in [0.4, 0.5) is 8.78 Å². The minimum absolute atomic E-state index is 0. The molecule has 0 amide bonds. The van der Waals surface area contributed by atoms with E-state index in [1.807, 2.05) is 0 Å². The third kappa shape index (κ3) is 3.17. The summed E-state index contributed by atoms with van der Waals surface area (Å²) in [6.07, 6.45) is 5.58. The first kappa shape index (κ1) is 14.4. The molecule has 1 fully saturated rings. The maximum atomic E-state index is 13.6. The summed E-state index contributed by atoms with van der Waals surface area (Å²) in [4.78, 5) is 0. The molecule has 1 saturated carbocycles. The van der Waals surface area contributed by atoms with Crippen LogP contribution in [0.2, 0.25) is 0 Å². The van der Waals surface area contributed by atoms with Gasteiger partial charge in [0.2, 0.25) is 0 Å². The van der Waals surface area contributed by atoms with Crippen molar-refractivity contribution in [1.29, 1.82) is 0 Å². The Morgan fingerprint density at radius 1 is 1.12 bits per heavy atom. The SMILES string of the molecule is Cl.N[C@@H](c1cccc(F)c1F)C1CCCCC1. The van der Waals surface area contributed by atoms with Crippen LogP contribution in [0.5, 0.6) is 0 Å². The molecule has 0 saturated heterocycles. The molecule has 1 aliphatic carbocycles. The van der Waals surface area contributed by atoms with E-state index in [0.717, 1.165) is 31.7 Å². The molecule has 1 aliphatic rings. The normalized spacial score (nSPS) is 18.5. The molecule has 0 radical (unpaired) electrons. The topological polar surface area (TPSA) is 26.0 Å². The van der Waals surface area contributed by atoms with Gasteiger partial charge in [0.25, 0.3) is 0 Å². The van der Waals surface area contributed by atoms with Gasteiger partial charge in [0.1, 0.15) is 0 Å². The number of halogens is 3. The first-order valence-corrected chi connectivity index (χ1v) is 5.89. The maximum Gasteiger partial charge on any atom is 0.163 e. The number of hydrogen-bond donors (Lipinski definition) is 1. The smallest absolute Gasteiger partial charge is 0.163 e. The van der Waals surface area contributed by atoms with Gasteiger partial charge in [0, 0.05) is 11.6 Å². The summed E-state index contributed by atoms with van der Waals surface area (Å²) in [7, 11) is 0. The largest absolute Gasteiger partial charge is 0.324 e. The van der Waals surface area contributed by atoms with E-state index in [4.69, 9.17) is 5.73 Å². The molecule has 0 spiro atoms. The molecule has 1 nitrogen and oxygen atoms in total. The van der Waals surface area contributed by atoms with Gasteiger partial charge >= 0.3 is 0 Å². The lowest BCUT2D eigenvalue weighted by molar-refractivity contribution is 0.301. The fourth-order valence-corrected chi connectivity index (χ4v) is 2.53. The van der Waals surface area contributed by atoms with Gasteiger partial charge in [0.15, 0.2) is 11.6 Å². The van der Waals surface area contributed by atoms with E-state index in [2.05, 4.69) is 0 Å². The summed E-state index contributed by atoms with van der Waals surface area (Å²) in [5.74, 6) is -1.28. The summed E-state index contributed by atoms with van der Waals surface area (Å²) in [6, 6.07) is 3.89. The van der Waals surface area contributed by atoms with E-state index >= 15 is 0 Å². The van der Waals surface area contributed by atoms with Crippen LogP contribution in [0.3, 0.4) is 0 Å². The van der Waals surface area contributed by atoms with Crippen molar-refractivity contribution in [2.75, 3.05) is 0 Å². The van der Waals surface area contributed by atoms with Crippen molar-refractivity contribution in [1.82, 2.24) is 0 Å². The number of rotatable bonds is 2. The highest BCUT2D eigenvalue weighted by Gasteiger charge is 2.24. The van der Waals surface area contributed by atoms with Crippen LogP contribution in [-0.4, -0.2) is 0 Å². The molecule has 17 heavy (non-hydrogen) atoms. The second-order valence-corrected chi connectivity index (χ2v) is 4.57. The van der Waals surface area contributed by atoms with Gasteiger partial charge < -0.3 is 5.73 Å². The lowest BCUT2D eigenvalue weighted by atomic mass is 9.81. The fraction of sp³-hybridized carbons (Fsp3) is 0.538. The second kappa shape index (κ2) is 6.31. The average molecular weight is 262 g/mol. The summed E-state index contributed by atoms with van der Waals surface area (Å²) >= 11 is 0. The van der Waals surface area contributed by atoms with Crippen LogP contribution in [0.1, 0.15) is 43.7 Å². The molecule has 0 bridgehead atoms. The van der Waals surface area contributed by atoms with E-state index in [-0.39, 0.29) is 18.4 Å². The van der Waals surface area contributed by atoms with Crippen LogP contribution >= 0.6 is 12.4 Å². The molecule has 1 atom stereocenters. The first-order valence-electron chi connectivity index (χ1n) is 5.89. The Hall–Kier alpha value is -0.670. The van der Waals surface area contributed by atoms with Gasteiger partial charge in [-0.3, -0.25) is 0 Å². The highest BCUT2D eigenvalue weighted by molar-refractivity contribution is 5.85. The fourth-order valence-electron chi connectivity index (χ4n) is 2.53. The van der Waals surface area contributed by atoms with Crippen molar-refractivity contribution in [3.05, 3.63) is 35.4 Å². The van der Waals surface area contributed by atoms with Crippen molar-refractivity contribution < 1.29 is 8.78 Å². The molecule has 0 aliphatic heterocycles. The van der Waals surface area contributed by atoms with E-state index in [1.165, 1.54) is 12.5 Å². The summed E-state index contributed by atoms with van der Waals surface area (Å²) < 4.78 is 26.6. The van der Waals surface area contributed by atoms with Gasteiger partial charge in [-0.2, -0.15) is 0 Å². The van der Waals surface area contributed by atoms with Crippen LogP contribution in [0.15, 0.2) is 18.2 Å². The molecule has 4 heteroatoms. The van der Waals surface area contributed by atoms with Gasteiger partial charge in [-0.25, -0.2) is 8.78 Å². The van der Waals surface area contributed by atoms with Crippen molar-refractivity contribution in [3.63, 3.8) is 0 Å². The molecule has 0 aromatic heterocycles. The molecular weight excluding hydrogens is 244 g/mol. The Balaban J connectivity index is 0.00000144. The third-order valence-electron chi connectivity index (χ3n) is 3.50. The Kier molecular flexibility index (Phi) is 5.34. The molecule has 2 rings (SSSR count). The zero-order valence-electron chi connectivity index (χ0n) is 9.66. The standard InChI is InChI=1S/C13H17F2N.ClH/c14-11-8-4-7-10(12(11)15)13(16)9-5-2-1-3-6-9;/h4,7-9,13H,1-3,5-6,16H2;1H/t13-;/m1./s1. The Morgan fingerprint density at radius 3 is 2.41 bits per heavy atom. The van der Waals surface area contributed by atoms with Gasteiger partial charge in [-0.05, 0) is 24.8 Å². The molecule has 1 aromatic carbocycles. The lowest BCUT2D eigenvalue weighted by Gasteiger charge is -2.27. The van der Waals surface area contributed by atoms with E-state index < -0.39 is 11.6 Å². The van der Waals surface area contributed by atoms with Gasteiger partial charge in [-0.1, -0.05) is 31.4 Å². The van der Waals surface area contributed by atoms with Gasteiger partial charge in [-0.15, -0.1) is 12.4 Å². The van der Waals surface area contributed by atoms with E-state index in [9.17, 15) is 8.78 Å². The Labute approximate surface area is 107 Å². The Bertz CT molecular complexity index is 364. The number of hydrogen-bond acceptors (Lipinski definition) is 1.